The fraction of sp³-hybridized carbons (Fsp3) is 0.974. The first-order chi connectivity index (χ1) is 23.4. The van der Waals surface area contributed by atoms with Crippen LogP contribution in [0.2, 0.25) is 0 Å². The van der Waals surface area contributed by atoms with Gasteiger partial charge in [-0.25, -0.2) is 4.57 Å². The maximum Gasteiger partial charge on any atom is 0.472 e. The standard InChI is InChI=1S/C39H80NO7P/c1-3-5-7-9-10-11-12-13-14-15-16-17-18-19-20-21-22-23-24-25-26-27-29-31-34-44-36-38(37-46-48(42,43)45-35-33-40)47-39(41)32-30-28-8-6-4-2/h38H,3-37,40H2,1-2H3,(H,42,43). The van der Waals surface area contributed by atoms with Crippen molar-refractivity contribution in [3.8, 4) is 0 Å². The Morgan fingerprint density at radius 2 is 0.917 bits per heavy atom. The Bertz CT molecular complexity index is 712. The van der Waals surface area contributed by atoms with Crippen LogP contribution in [0.25, 0.3) is 0 Å². The Hall–Kier alpha value is -0.500. The molecule has 0 aromatic heterocycles. The summed E-state index contributed by atoms with van der Waals surface area (Å²) in [5.74, 6) is -0.339. The summed E-state index contributed by atoms with van der Waals surface area (Å²) in [4.78, 5) is 22.1. The normalized spacial score (nSPS) is 13.5. The molecule has 3 N–H and O–H groups in total. The Balaban J connectivity index is 3.70. The number of hydrogen-bond donors (Lipinski definition) is 2. The molecule has 0 spiro atoms. The first-order valence-electron chi connectivity index (χ1n) is 20.5. The predicted octanol–water partition coefficient (Wildman–Crippen LogP) is 11.7. The average Bonchev–Trinajstić information content (AvgIpc) is 3.07. The number of esters is 1. The van der Waals surface area contributed by atoms with E-state index in [1.165, 1.54) is 141 Å². The Labute approximate surface area is 297 Å². The highest BCUT2D eigenvalue weighted by atomic mass is 31.2. The van der Waals surface area contributed by atoms with E-state index in [4.69, 9.17) is 24.3 Å². The van der Waals surface area contributed by atoms with Crippen LogP contribution in [0, 0.1) is 0 Å². The molecule has 0 amide bonds. The Morgan fingerprint density at radius 3 is 1.31 bits per heavy atom. The fourth-order valence-electron chi connectivity index (χ4n) is 6.00. The highest BCUT2D eigenvalue weighted by molar-refractivity contribution is 7.47. The molecule has 8 nitrogen and oxygen atoms in total. The summed E-state index contributed by atoms with van der Waals surface area (Å²) in [6.07, 6.45) is 37.5. The molecule has 48 heavy (non-hydrogen) atoms. The van der Waals surface area contributed by atoms with E-state index >= 15 is 0 Å². The van der Waals surface area contributed by atoms with Gasteiger partial charge in [-0.05, 0) is 12.8 Å². The van der Waals surface area contributed by atoms with Crippen LogP contribution >= 0.6 is 7.82 Å². The molecule has 0 heterocycles. The molecule has 0 aromatic rings. The van der Waals surface area contributed by atoms with E-state index in [1.54, 1.807) is 0 Å². The highest BCUT2D eigenvalue weighted by Crippen LogP contribution is 2.43. The third kappa shape index (κ3) is 36.8. The van der Waals surface area contributed by atoms with E-state index in [-0.39, 0.29) is 32.3 Å². The summed E-state index contributed by atoms with van der Waals surface area (Å²) in [6, 6.07) is 0. The summed E-state index contributed by atoms with van der Waals surface area (Å²) >= 11 is 0. The second-order valence-electron chi connectivity index (χ2n) is 13.9. The highest BCUT2D eigenvalue weighted by Gasteiger charge is 2.25. The predicted molar refractivity (Wildman–Crippen MR) is 201 cm³/mol. The van der Waals surface area contributed by atoms with Crippen LogP contribution in [0.3, 0.4) is 0 Å². The lowest BCUT2D eigenvalue weighted by atomic mass is 10.0. The van der Waals surface area contributed by atoms with Crippen LogP contribution in [0.1, 0.15) is 206 Å². The molecule has 0 saturated heterocycles. The third-order valence-electron chi connectivity index (χ3n) is 9.02. The van der Waals surface area contributed by atoms with E-state index in [0.717, 1.165) is 44.9 Å². The van der Waals surface area contributed by atoms with Gasteiger partial charge in [0.15, 0.2) is 0 Å². The van der Waals surface area contributed by atoms with Crippen LogP contribution < -0.4 is 5.73 Å². The molecule has 0 saturated carbocycles. The minimum atomic E-state index is -4.25. The van der Waals surface area contributed by atoms with E-state index in [9.17, 15) is 14.3 Å². The lowest BCUT2D eigenvalue weighted by Crippen LogP contribution is -2.28. The average molecular weight is 706 g/mol. The molecule has 0 aliphatic carbocycles. The van der Waals surface area contributed by atoms with Crippen LogP contribution in [-0.4, -0.2) is 49.9 Å². The number of unbranched alkanes of at least 4 members (excludes halogenated alkanes) is 27. The summed E-state index contributed by atoms with van der Waals surface area (Å²) < 4.78 is 33.1. The zero-order valence-electron chi connectivity index (χ0n) is 31.7. The maximum absolute atomic E-state index is 12.3. The molecule has 0 aromatic carbocycles. The third-order valence-corrected chi connectivity index (χ3v) is 10.0. The van der Waals surface area contributed by atoms with Crippen molar-refractivity contribution in [2.45, 2.75) is 213 Å². The first-order valence-corrected chi connectivity index (χ1v) is 22.0. The smallest absolute Gasteiger partial charge is 0.457 e. The molecule has 0 fully saturated rings. The topological polar surface area (TPSA) is 117 Å². The lowest BCUT2D eigenvalue weighted by molar-refractivity contribution is -0.154. The van der Waals surface area contributed by atoms with Gasteiger partial charge in [0.1, 0.15) is 6.10 Å². The Morgan fingerprint density at radius 1 is 0.542 bits per heavy atom. The van der Waals surface area contributed by atoms with Crippen LogP contribution in [0.5, 0.6) is 0 Å². The summed E-state index contributed by atoms with van der Waals surface area (Å²) in [6.45, 7) is 4.87. The van der Waals surface area contributed by atoms with Crippen molar-refractivity contribution in [2.24, 2.45) is 5.73 Å². The molecule has 288 valence electrons. The minimum Gasteiger partial charge on any atom is -0.457 e. The van der Waals surface area contributed by atoms with E-state index < -0.39 is 13.9 Å². The maximum atomic E-state index is 12.3. The van der Waals surface area contributed by atoms with Gasteiger partial charge in [-0.15, -0.1) is 0 Å². The SMILES string of the molecule is CCCCCCCCCCCCCCCCCCCCCCCCCCOCC(COP(=O)(O)OCCN)OC(=O)CCCCCCC. The molecule has 0 rings (SSSR count). The molecule has 2 atom stereocenters. The van der Waals surface area contributed by atoms with Crippen molar-refractivity contribution in [1.82, 2.24) is 0 Å². The summed E-state index contributed by atoms with van der Waals surface area (Å²) in [5.41, 5.74) is 5.33. The molecule has 0 radical (unpaired) electrons. The zero-order chi connectivity index (χ0) is 35.2. The largest absolute Gasteiger partial charge is 0.472 e. The van der Waals surface area contributed by atoms with Gasteiger partial charge < -0.3 is 20.1 Å². The van der Waals surface area contributed by atoms with Crippen molar-refractivity contribution in [2.75, 3.05) is 33.0 Å². The molecular weight excluding hydrogens is 625 g/mol. The summed E-state index contributed by atoms with van der Waals surface area (Å²) in [7, 11) is -4.25. The van der Waals surface area contributed by atoms with Gasteiger partial charge in [-0.1, -0.05) is 187 Å². The molecular formula is C39H80NO7P. The van der Waals surface area contributed by atoms with Crippen LogP contribution in [0.15, 0.2) is 0 Å². The summed E-state index contributed by atoms with van der Waals surface area (Å²) in [5, 5.41) is 0. The van der Waals surface area contributed by atoms with Crippen molar-refractivity contribution in [3.63, 3.8) is 0 Å². The monoisotopic (exact) mass is 706 g/mol. The quantitative estimate of drug-likeness (QED) is 0.0367. The van der Waals surface area contributed by atoms with Crippen molar-refractivity contribution < 1.29 is 32.8 Å². The molecule has 9 heteroatoms. The number of phosphoric ester groups is 1. The van der Waals surface area contributed by atoms with Crippen molar-refractivity contribution >= 4 is 13.8 Å². The number of carbonyl (C=O) groups excluding carboxylic acids is 1. The van der Waals surface area contributed by atoms with Crippen LogP contribution in [-0.2, 0) is 27.9 Å². The van der Waals surface area contributed by atoms with Gasteiger partial charge in [0.25, 0.3) is 0 Å². The van der Waals surface area contributed by atoms with E-state index in [2.05, 4.69) is 13.8 Å². The number of hydrogen-bond acceptors (Lipinski definition) is 7. The van der Waals surface area contributed by atoms with Gasteiger partial charge in [0.05, 0.1) is 19.8 Å². The number of carbonyl (C=O) groups is 1. The zero-order valence-corrected chi connectivity index (χ0v) is 32.6. The van der Waals surface area contributed by atoms with Gasteiger partial charge in [-0.2, -0.15) is 0 Å². The lowest BCUT2D eigenvalue weighted by Gasteiger charge is -2.20. The van der Waals surface area contributed by atoms with Gasteiger partial charge in [0.2, 0.25) is 0 Å². The molecule has 2 unspecified atom stereocenters. The fourth-order valence-corrected chi connectivity index (χ4v) is 6.76. The van der Waals surface area contributed by atoms with Crippen LogP contribution in [0.4, 0.5) is 0 Å². The number of phosphoric acid groups is 1. The first kappa shape index (κ1) is 47.5. The van der Waals surface area contributed by atoms with Gasteiger partial charge in [-0.3, -0.25) is 13.8 Å². The second kappa shape index (κ2) is 37.7. The van der Waals surface area contributed by atoms with Crippen molar-refractivity contribution in [1.29, 1.82) is 0 Å². The number of nitrogens with two attached hydrogens (primary N) is 1. The van der Waals surface area contributed by atoms with E-state index in [0.29, 0.717) is 13.0 Å². The van der Waals surface area contributed by atoms with Crippen molar-refractivity contribution in [3.05, 3.63) is 0 Å². The molecule has 0 bridgehead atoms. The second-order valence-corrected chi connectivity index (χ2v) is 15.3. The molecule has 0 aliphatic rings. The molecule has 0 aliphatic heterocycles. The number of rotatable bonds is 40. The van der Waals surface area contributed by atoms with E-state index in [1.807, 2.05) is 0 Å². The van der Waals surface area contributed by atoms with Gasteiger partial charge >= 0.3 is 13.8 Å². The Kier molecular flexibility index (Phi) is 37.4. The number of ether oxygens (including phenoxy) is 2. The van der Waals surface area contributed by atoms with Gasteiger partial charge in [0, 0.05) is 19.6 Å². The minimum absolute atomic E-state index is 0.0912.